The molecule has 2 aromatic heterocycles. The van der Waals surface area contributed by atoms with E-state index in [9.17, 15) is 9.90 Å². The predicted molar refractivity (Wildman–Crippen MR) is 137 cm³/mol. The first-order valence-corrected chi connectivity index (χ1v) is 11.7. The van der Waals surface area contributed by atoms with Gasteiger partial charge in [-0.2, -0.15) is 0 Å². The van der Waals surface area contributed by atoms with Crippen LogP contribution < -0.4 is 15.4 Å². The molecule has 4 aromatic rings. The van der Waals surface area contributed by atoms with Crippen molar-refractivity contribution in [2.75, 3.05) is 11.9 Å². The van der Waals surface area contributed by atoms with E-state index in [0.717, 1.165) is 28.0 Å². The van der Waals surface area contributed by atoms with Crippen LogP contribution in [0.1, 0.15) is 25.8 Å². The fraction of sp³-hybridized carbons (Fsp3) is 0.269. The van der Waals surface area contributed by atoms with Gasteiger partial charge in [-0.1, -0.05) is 23.7 Å². The number of benzene rings is 2. The molecule has 0 spiro atoms. The van der Waals surface area contributed by atoms with E-state index in [4.69, 9.17) is 16.3 Å². The molecule has 2 aromatic carbocycles. The summed E-state index contributed by atoms with van der Waals surface area (Å²) in [6, 6.07) is 15.1. The molecule has 3 N–H and O–H groups in total. The van der Waals surface area contributed by atoms with Crippen molar-refractivity contribution in [2.45, 2.75) is 39.3 Å². The number of carbonyl (C=O) groups excluding carboxylic acids is 1. The minimum absolute atomic E-state index is 0.0414. The zero-order chi connectivity index (χ0) is 25.0. The van der Waals surface area contributed by atoms with Gasteiger partial charge in [0.05, 0.1) is 22.6 Å². The van der Waals surface area contributed by atoms with Crippen LogP contribution in [0, 0.1) is 6.92 Å². The first-order chi connectivity index (χ1) is 16.7. The van der Waals surface area contributed by atoms with E-state index in [1.807, 2.05) is 60.2 Å². The summed E-state index contributed by atoms with van der Waals surface area (Å²) < 4.78 is 7.90. The van der Waals surface area contributed by atoms with Crippen LogP contribution in [-0.4, -0.2) is 37.7 Å². The molecule has 9 heteroatoms. The average Bonchev–Trinajstić information content (AvgIpc) is 3.19. The van der Waals surface area contributed by atoms with Crippen molar-refractivity contribution >= 4 is 40.0 Å². The smallest absolute Gasteiger partial charge is 0.222 e. The van der Waals surface area contributed by atoms with Gasteiger partial charge in [0, 0.05) is 25.0 Å². The van der Waals surface area contributed by atoms with E-state index in [0.29, 0.717) is 29.7 Å². The molecule has 4 rings (SSSR count). The van der Waals surface area contributed by atoms with E-state index in [2.05, 4.69) is 20.6 Å². The highest BCUT2D eigenvalue weighted by atomic mass is 35.5. The molecule has 2 heterocycles. The van der Waals surface area contributed by atoms with Crippen LogP contribution in [0.4, 0.5) is 11.5 Å². The predicted octanol–water partition coefficient (Wildman–Crippen LogP) is 5.21. The SMILES string of the molecule is Cc1cccc(Oc2ccc(Nc3ncnc4ccn(CCNC(=O)CC(C)(C)O)c34)cc2Cl)c1. The van der Waals surface area contributed by atoms with Crippen molar-refractivity contribution < 1.29 is 14.6 Å². The zero-order valence-corrected chi connectivity index (χ0v) is 20.6. The van der Waals surface area contributed by atoms with Crippen LogP contribution >= 0.6 is 11.6 Å². The van der Waals surface area contributed by atoms with Crippen molar-refractivity contribution in [3.05, 3.63) is 71.6 Å². The number of fused-ring (bicyclic) bond motifs is 1. The number of rotatable bonds is 9. The quantitative estimate of drug-likeness (QED) is 0.296. The summed E-state index contributed by atoms with van der Waals surface area (Å²) in [5, 5.41) is 16.4. The Morgan fingerprint density at radius 2 is 2.00 bits per heavy atom. The van der Waals surface area contributed by atoms with Crippen LogP contribution in [0.2, 0.25) is 5.02 Å². The van der Waals surface area contributed by atoms with E-state index in [-0.39, 0.29) is 12.3 Å². The second-order valence-corrected chi connectivity index (χ2v) is 9.40. The third kappa shape index (κ3) is 6.49. The summed E-state index contributed by atoms with van der Waals surface area (Å²) in [5.74, 6) is 1.69. The topological polar surface area (TPSA) is 101 Å². The van der Waals surface area contributed by atoms with Gasteiger partial charge in [-0.3, -0.25) is 4.79 Å². The molecule has 182 valence electrons. The Kier molecular flexibility index (Phi) is 7.23. The molecule has 0 aliphatic heterocycles. The molecule has 35 heavy (non-hydrogen) atoms. The summed E-state index contributed by atoms with van der Waals surface area (Å²) in [6.45, 7) is 6.14. The van der Waals surface area contributed by atoms with Crippen molar-refractivity contribution in [1.82, 2.24) is 19.9 Å². The Balaban J connectivity index is 1.48. The molecule has 0 bridgehead atoms. The zero-order valence-electron chi connectivity index (χ0n) is 19.9. The van der Waals surface area contributed by atoms with Crippen molar-refractivity contribution in [2.24, 2.45) is 0 Å². The summed E-state index contributed by atoms with van der Waals surface area (Å²) >= 11 is 6.50. The van der Waals surface area contributed by atoms with Crippen molar-refractivity contribution in [3.8, 4) is 11.5 Å². The highest BCUT2D eigenvalue weighted by Gasteiger charge is 2.18. The Bertz CT molecular complexity index is 1350. The van der Waals surface area contributed by atoms with Gasteiger partial charge in [-0.25, -0.2) is 9.97 Å². The van der Waals surface area contributed by atoms with Gasteiger partial charge in [0.2, 0.25) is 5.91 Å². The molecule has 0 aliphatic rings. The molecule has 0 aliphatic carbocycles. The van der Waals surface area contributed by atoms with Gasteiger partial charge in [0.1, 0.15) is 23.3 Å². The number of halogens is 1. The number of amides is 1. The third-order valence-electron chi connectivity index (χ3n) is 5.23. The third-order valence-corrected chi connectivity index (χ3v) is 5.53. The summed E-state index contributed by atoms with van der Waals surface area (Å²) in [6.07, 6.45) is 3.44. The molecular weight excluding hydrogens is 466 g/mol. The highest BCUT2D eigenvalue weighted by molar-refractivity contribution is 6.32. The number of nitrogens with one attached hydrogen (secondary N) is 2. The fourth-order valence-electron chi connectivity index (χ4n) is 3.69. The number of carbonyl (C=O) groups is 1. The minimum Gasteiger partial charge on any atom is -0.456 e. The Morgan fingerprint density at radius 1 is 1.17 bits per heavy atom. The lowest BCUT2D eigenvalue weighted by atomic mass is 10.1. The standard InChI is InChI=1S/C26H28ClN5O3/c1-17-5-4-6-19(13-17)35-22-8-7-18(14-20(22)27)31-25-24-21(29-16-30-25)9-11-32(24)12-10-28-23(33)15-26(2,3)34/h4-9,11,13-14,16,34H,10,12,15H2,1-3H3,(H,28,33)(H,29,30,31). The number of anilines is 2. The van der Waals surface area contributed by atoms with E-state index in [1.54, 1.807) is 19.9 Å². The van der Waals surface area contributed by atoms with Crippen molar-refractivity contribution in [3.63, 3.8) is 0 Å². The number of aryl methyl sites for hydroxylation is 1. The van der Waals surface area contributed by atoms with Crippen LogP contribution in [-0.2, 0) is 11.3 Å². The summed E-state index contributed by atoms with van der Waals surface area (Å²) in [4.78, 5) is 20.8. The first kappa shape index (κ1) is 24.5. The molecule has 0 saturated heterocycles. The number of hydrogen-bond acceptors (Lipinski definition) is 6. The van der Waals surface area contributed by atoms with Crippen molar-refractivity contribution in [1.29, 1.82) is 0 Å². The van der Waals surface area contributed by atoms with E-state index in [1.165, 1.54) is 6.33 Å². The maximum atomic E-state index is 12.0. The van der Waals surface area contributed by atoms with Gasteiger partial charge in [0.25, 0.3) is 0 Å². The highest BCUT2D eigenvalue weighted by Crippen LogP contribution is 2.33. The number of aliphatic hydroxyl groups is 1. The molecule has 0 saturated carbocycles. The lowest BCUT2D eigenvalue weighted by Crippen LogP contribution is -2.33. The average molecular weight is 494 g/mol. The molecule has 1 amide bonds. The van der Waals surface area contributed by atoms with Gasteiger partial charge in [-0.15, -0.1) is 0 Å². The maximum absolute atomic E-state index is 12.0. The Labute approximate surface area is 208 Å². The lowest BCUT2D eigenvalue weighted by Gasteiger charge is -2.16. The van der Waals surface area contributed by atoms with Crippen LogP contribution in [0.25, 0.3) is 11.0 Å². The molecule has 8 nitrogen and oxygen atoms in total. The molecule has 0 radical (unpaired) electrons. The van der Waals surface area contributed by atoms with E-state index >= 15 is 0 Å². The first-order valence-electron chi connectivity index (χ1n) is 11.3. The van der Waals surface area contributed by atoms with Crippen LogP contribution in [0.3, 0.4) is 0 Å². The lowest BCUT2D eigenvalue weighted by molar-refractivity contribution is -0.124. The number of aromatic nitrogens is 3. The van der Waals surface area contributed by atoms with Crippen LogP contribution in [0.5, 0.6) is 11.5 Å². The summed E-state index contributed by atoms with van der Waals surface area (Å²) in [7, 11) is 0. The number of ether oxygens (including phenoxy) is 1. The Hall–Kier alpha value is -3.62. The number of hydrogen-bond donors (Lipinski definition) is 3. The Morgan fingerprint density at radius 3 is 2.74 bits per heavy atom. The fourth-order valence-corrected chi connectivity index (χ4v) is 3.90. The molecule has 0 unspecified atom stereocenters. The molecule has 0 atom stereocenters. The largest absolute Gasteiger partial charge is 0.456 e. The second-order valence-electron chi connectivity index (χ2n) is 8.99. The normalized spacial score (nSPS) is 11.5. The number of nitrogens with zero attached hydrogens (tertiary/aromatic N) is 3. The van der Waals surface area contributed by atoms with Gasteiger partial charge in [-0.05, 0) is 62.7 Å². The molecule has 0 fully saturated rings. The maximum Gasteiger partial charge on any atom is 0.222 e. The van der Waals surface area contributed by atoms with Crippen LogP contribution in [0.15, 0.2) is 61.1 Å². The summed E-state index contributed by atoms with van der Waals surface area (Å²) in [5.41, 5.74) is 2.38. The monoisotopic (exact) mass is 493 g/mol. The minimum atomic E-state index is -1.04. The van der Waals surface area contributed by atoms with Gasteiger partial charge in [0.15, 0.2) is 5.82 Å². The van der Waals surface area contributed by atoms with Gasteiger partial charge >= 0.3 is 0 Å². The second kappa shape index (κ2) is 10.3. The van der Waals surface area contributed by atoms with E-state index < -0.39 is 5.60 Å². The van der Waals surface area contributed by atoms with Gasteiger partial charge < -0.3 is 25.0 Å². The molecular formula is C26H28ClN5O3.